The van der Waals surface area contributed by atoms with Crippen molar-refractivity contribution in [1.82, 2.24) is 0 Å². The predicted octanol–water partition coefficient (Wildman–Crippen LogP) is 2.45. The van der Waals surface area contributed by atoms with E-state index in [1.807, 2.05) is 12.1 Å². The molecule has 0 fully saturated rings. The minimum absolute atomic E-state index is 0.527. The van der Waals surface area contributed by atoms with Crippen LogP contribution in [0, 0.1) is 6.92 Å². The van der Waals surface area contributed by atoms with Gasteiger partial charge in [-0.2, -0.15) is 0 Å². The molecule has 1 aromatic rings. The molecule has 2 N–H and O–H groups in total. The molecule has 0 amide bonds. The molecule has 1 aromatic carbocycles. The lowest BCUT2D eigenvalue weighted by atomic mass is 9.94. The summed E-state index contributed by atoms with van der Waals surface area (Å²) in [6.45, 7) is 6.47. The fraction of sp³-hybridized carbons (Fsp3) is 0.417. The van der Waals surface area contributed by atoms with Crippen molar-refractivity contribution in [1.29, 1.82) is 0 Å². The monoisotopic (exact) mass is 190 g/mol. The van der Waals surface area contributed by atoms with Crippen LogP contribution >= 0.6 is 0 Å². The van der Waals surface area contributed by atoms with Crippen molar-refractivity contribution in [3.63, 3.8) is 0 Å². The standard InChI is InChI=1S/C12H18N2/c1-8(2)10-6-5-7-11(9(10)3)12(13)14-4/h5-8H,1-4H3,(H2,13,14). The van der Waals surface area contributed by atoms with Crippen LogP contribution in [0.5, 0.6) is 0 Å². The molecule has 2 heteroatoms. The van der Waals surface area contributed by atoms with Crippen LogP contribution in [0.2, 0.25) is 0 Å². The molecular formula is C12H18N2. The Hall–Kier alpha value is -1.31. The van der Waals surface area contributed by atoms with Gasteiger partial charge in [-0.15, -0.1) is 0 Å². The maximum Gasteiger partial charge on any atom is 0.125 e. The molecule has 1 rings (SSSR count). The zero-order valence-electron chi connectivity index (χ0n) is 9.33. The van der Waals surface area contributed by atoms with Gasteiger partial charge in [0.05, 0.1) is 0 Å². The summed E-state index contributed by atoms with van der Waals surface area (Å²) in [5.74, 6) is 1.14. The first kappa shape index (κ1) is 10.8. The van der Waals surface area contributed by atoms with Crippen molar-refractivity contribution in [2.75, 3.05) is 7.05 Å². The summed E-state index contributed by atoms with van der Waals surface area (Å²) in [6, 6.07) is 6.20. The highest BCUT2D eigenvalue weighted by atomic mass is 14.8. The minimum Gasteiger partial charge on any atom is -0.384 e. The molecule has 76 valence electrons. The molecule has 0 unspecified atom stereocenters. The first-order chi connectivity index (χ1) is 6.57. The van der Waals surface area contributed by atoms with E-state index in [0.29, 0.717) is 11.8 Å². The summed E-state index contributed by atoms with van der Waals surface area (Å²) >= 11 is 0. The average Bonchev–Trinajstić information content (AvgIpc) is 2.16. The summed E-state index contributed by atoms with van der Waals surface area (Å²) < 4.78 is 0. The fourth-order valence-electron chi connectivity index (χ4n) is 1.68. The number of amidine groups is 1. The lowest BCUT2D eigenvalue weighted by Crippen LogP contribution is -2.15. The van der Waals surface area contributed by atoms with Gasteiger partial charge in [0.15, 0.2) is 0 Å². The molecule has 0 saturated heterocycles. The second kappa shape index (κ2) is 4.27. The molecule has 0 aliphatic rings. The Bertz CT molecular complexity index is 351. The topological polar surface area (TPSA) is 38.4 Å². The van der Waals surface area contributed by atoms with Gasteiger partial charge in [0.1, 0.15) is 5.84 Å². The Morgan fingerprint density at radius 1 is 1.36 bits per heavy atom. The third-order valence-electron chi connectivity index (χ3n) is 2.51. The van der Waals surface area contributed by atoms with E-state index in [-0.39, 0.29) is 0 Å². The van der Waals surface area contributed by atoms with Gasteiger partial charge in [-0.05, 0) is 24.0 Å². The number of nitrogens with zero attached hydrogens (tertiary/aromatic N) is 1. The third kappa shape index (κ3) is 1.95. The number of nitrogens with two attached hydrogens (primary N) is 1. The van der Waals surface area contributed by atoms with E-state index >= 15 is 0 Å². The molecule has 0 aromatic heterocycles. The van der Waals surface area contributed by atoms with Crippen molar-refractivity contribution in [3.8, 4) is 0 Å². The Morgan fingerprint density at radius 2 is 2.00 bits per heavy atom. The highest BCUT2D eigenvalue weighted by Gasteiger charge is 2.08. The molecule has 0 spiro atoms. The third-order valence-corrected chi connectivity index (χ3v) is 2.51. The molecule has 0 radical (unpaired) electrons. The first-order valence-electron chi connectivity index (χ1n) is 4.90. The Morgan fingerprint density at radius 3 is 2.50 bits per heavy atom. The Labute approximate surface area is 85.9 Å². The number of benzene rings is 1. The molecule has 0 heterocycles. The average molecular weight is 190 g/mol. The van der Waals surface area contributed by atoms with Crippen molar-refractivity contribution < 1.29 is 0 Å². The van der Waals surface area contributed by atoms with Gasteiger partial charge >= 0.3 is 0 Å². The smallest absolute Gasteiger partial charge is 0.125 e. The quantitative estimate of drug-likeness (QED) is 0.564. The van der Waals surface area contributed by atoms with Crippen LogP contribution < -0.4 is 5.73 Å². The van der Waals surface area contributed by atoms with Crippen LogP contribution in [0.1, 0.15) is 36.5 Å². The Balaban J connectivity index is 3.28. The van der Waals surface area contributed by atoms with Crippen LogP contribution in [0.15, 0.2) is 23.2 Å². The molecular weight excluding hydrogens is 172 g/mol. The maximum absolute atomic E-state index is 5.81. The Kier molecular flexibility index (Phi) is 3.28. The molecule has 14 heavy (non-hydrogen) atoms. The lowest BCUT2D eigenvalue weighted by Gasteiger charge is -2.13. The number of rotatable bonds is 2. The molecule has 0 aliphatic heterocycles. The molecule has 0 saturated carbocycles. The van der Waals surface area contributed by atoms with Crippen LogP contribution in [0.4, 0.5) is 0 Å². The van der Waals surface area contributed by atoms with E-state index in [4.69, 9.17) is 5.73 Å². The highest BCUT2D eigenvalue weighted by Crippen LogP contribution is 2.21. The summed E-state index contributed by atoms with van der Waals surface area (Å²) in [5.41, 5.74) is 9.45. The van der Waals surface area contributed by atoms with E-state index < -0.39 is 0 Å². The van der Waals surface area contributed by atoms with E-state index in [1.165, 1.54) is 11.1 Å². The number of aliphatic imine (C=N–C) groups is 1. The van der Waals surface area contributed by atoms with Crippen LogP contribution in [-0.4, -0.2) is 12.9 Å². The van der Waals surface area contributed by atoms with Gasteiger partial charge in [0, 0.05) is 12.6 Å². The largest absolute Gasteiger partial charge is 0.384 e. The van der Waals surface area contributed by atoms with E-state index in [1.54, 1.807) is 7.05 Å². The lowest BCUT2D eigenvalue weighted by molar-refractivity contribution is 0.856. The van der Waals surface area contributed by atoms with Gasteiger partial charge in [-0.1, -0.05) is 32.0 Å². The fourth-order valence-corrected chi connectivity index (χ4v) is 1.68. The van der Waals surface area contributed by atoms with E-state index in [0.717, 1.165) is 5.56 Å². The summed E-state index contributed by atoms with van der Waals surface area (Å²) in [7, 11) is 1.72. The normalized spacial score (nSPS) is 12.2. The maximum atomic E-state index is 5.81. The second-order valence-corrected chi connectivity index (χ2v) is 3.78. The molecule has 2 nitrogen and oxygen atoms in total. The summed E-state index contributed by atoms with van der Waals surface area (Å²) in [5, 5.41) is 0. The van der Waals surface area contributed by atoms with Gasteiger partial charge < -0.3 is 5.73 Å². The number of hydrogen-bond donors (Lipinski definition) is 1. The molecule has 0 atom stereocenters. The highest BCUT2D eigenvalue weighted by molar-refractivity contribution is 5.98. The van der Waals surface area contributed by atoms with Crippen molar-refractivity contribution >= 4 is 5.84 Å². The van der Waals surface area contributed by atoms with Crippen molar-refractivity contribution in [3.05, 3.63) is 34.9 Å². The van der Waals surface area contributed by atoms with Gasteiger partial charge in [0.2, 0.25) is 0 Å². The van der Waals surface area contributed by atoms with Crippen LogP contribution in [0.25, 0.3) is 0 Å². The van der Waals surface area contributed by atoms with Gasteiger partial charge in [0.25, 0.3) is 0 Å². The zero-order valence-corrected chi connectivity index (χ0v) is 9.33. The van der Waals surface area contributed by atoms with Gasteiger partial charge in [-0.25, -0.2) is 0 Å². The SMILES string of the molecule is CN=C(N)c1cccc(C(C)C)c1C. The van der Waals surface area contributed by atoms with Crippen LogP contribution in [0.3, 0.4) is 0 Å². The number of hydrogen-bond acceptors (Lipinski definition) is 1. The van der Waals surface area contributed by atoms with Crippen molar-refractivity contribution in [2.24, 2.45) is 10.7 Å². The van der Waals surface area contributed by atoms with E-state index in [9.17, 15) is 0 Å². The summed E-state index contributed by atoms with van der Waals surface area (Å²) in [4.78, 5) is 4.01. The molecule has 0 bridgehead atoms. The molecule has 0 aliphatic carbocycles. The van der Waals surface area contributed by atoms with E-state index in [2.05, 4.69) is 31.8 Å². The predicted molar refractivity (Wildman–Crippen MR) is 61.9 cm³/mol. The van der Waals surface area contributed by atoms with Gasteiger partial charge in [-0.3, -0.25) is 4.99 Å². The first-order valence-corrected chi connectivity index (χ1v) is 4.90. The second-order valence-electron chi connectivity index (χ2n) is 3.78. The minimum atomic E-state index is 0.527. The van der Waals surface area contributed by atoms with Crippen molar-refractivity contribution in [2.45, 2.75) is 26.7 Å². The van der Waals surface area contributed by atoms with Crippen LogP contribution in [-0.2, 0) is 0 Å². The zero-order chi connectivity index (χ0) is 10.7. The summed E-state index contributed by atoms with van der Waals surface area (Å²) in [6.07, 6.45) is 0.